The van der Waals surface area contributed by atoms with E-state index in [0.717, 1.165) is 16.6 Å². The molecule has 0 radical (unpaired) electrons. The summed E-state index contributed by atoms with van der Waals surface area (Å²) in [6.07, 6.45) is 4.92. The van der Waals surface area contributed by atoms with Crippen LogP contribution >= 0.6 is 0 Å². The first-order chi connectivity index (χ1) is 15.2. The molecule has 0 spiro atoms. The van der Waals surface area contributed by atoms with Crippen molar-refractivity contribution in [1.29, 1.82) is 0 Å². The number of aliphatic hydroxyl groups is 1. The molecule has 1 N–H and O–H groups in total. The molecule has 3 heterocycles. The van der Waals surface area contributed by atoms with Crippen molar-refractivity contribution in [3.63, 3.8) is 0 Å². The van der Waals surface area contributed by atoms with Crippen LogP contribution in [0.1, 0.15) is 22.9 Å². The maximum atomic E-state index is 13.3. The molecule has 1 aliphatic rings. The quantitative estimate of drug-likeness (QED) is 0.528. The zero-order chi connectivity index (χ0) is 21.2. The van der Waals surface area contributed by atoms with E-state index in [1.54, 1.807) is 18.5 Å². The molecule has 31 heavy (non-hydrogen) atoms. The van der Waals surface area contributed by atoms with Crippen LogP contribution < -0.4 is 9.47 Å². The minimum absolute atomic E-state index is 0.101. The Bertz CT molecular complexity index is 1220. The highest BCUT2D eigenvalue weighted by atomic mass is 19.1. The number of hydrogen-bond acceptors (Lipinski definition) is 6. The number of pyridine rings is 1. The van der Waals surface area contributed by atoms with E-state index in [0.29, 0.717) is 35.6 Å². The Morgan fingerprint density at radius 1 is 1.06 bits per heavy atom. The summed E-state index contributed by atoms with van der Waals surface area (Å²) in [5.74, 6) is 0.889. The average Bonchev–Trinajstić information content (AvgIpc) is 2.80. The van der Waals surface area contributed by atoms with Gasteiger partial charge in [0.25, 0.3) is 0 Å². The third-order valence-electron chi connectivity index (χ3n) is 5.41. The van der Waals surface area contributed by atoms with Gasteiger partial charge in [-0.15, -0.1) is 0 Å². The monoisotopic (exact) mass is 417 g/mol. The molecule has 2 aromatic carbocycles. The lowest BCUT2D eigenvalue weighted by Gasteiger charge is -2.30. The smallest absolute Gasteiger partial charge is 0.130 e. The van der Waals surface area contributed by atoms with Crippen LogP contribution in [-0.4, -0.2) is 26.7 Å². The normalized spacial score (nSPS) is 17.7. The summed E-state index contributed by atoms with van der Waals surface area (Å²) < 4.78 is 25.1. The second-order valence-electron chi connectivity index (χ2n) is 7.59. The molecule has 0 saturated carbocycles. The number of fused-ring (bicyclic) bond motifs is 2. The summed E-state index contributed by atoms with van der Waals surface area (Å²) in [6, 6.07) is 13.6. The fraction of sp³-hybridized carbons (Fsp3) is 0.208. The predicted molar refractivity (Wildman–Crippen MR) is 112 cm³/mol. The Morgan fingerprint density at radius 3 is 2.81 bits per heavy atom. The molecule has 2 atom stereocenters. The van der Waals surface area contributed by atoms with Gasteiger partial charge < -0.3 is 14.6 Å². The number of nitrogens with zero attached hydrogens (tertiary/aromatic N) is 3. The van der Waals surface area contributed by atoms with Crippen LogP contribution in [0.4, 0.5) is 4.39 Å². The summed E-state index contributed by atoms with van der Waals surface area (Å²) in [7, 11) is 0. The van der Waals surface area contributed by atoms with Gasteiger partial charge >= 0.3 is 0 Å². The zero-order valence-corrected chi connectivity index (χ0v) is 16.6. The fourth-order valence-corrected chi connectivity index (χ4v) is 3.81. The first-order valence-electron chi connectivity index (χ1n) is 10.0. The third kappa shape index (κ3) is 4.18. The van der Waals surface area contributed by atoms with Gasteiger partial charge in [-0.05, 0) is 54.4 Å². The molecule has 0 saturated heterocycles. The van der Waals surface area contributed by atoms with Gasteiger partial charge in [0.05, 0.1) is 23.9 Å². The number of rotatable bonds is 5. The predicted octanol–water partition coefficient (Wildman–Crippen LogP) is 4.03. The fourth-order valence-electron chi connectivity index (χ4n) is 3.81. The van der Waals surface area contributed by atoms with Crippen molar-refractivity contribution in [2.75, 3.05) is 6.61 Å². The highest BCUT2D eigenvalue weighted by molar-refractivity contribution is 5.78. The van der Waals surface area contributed by atoms with Gasteiger partial charge in [-0.25, -0.2) is 19.3 Å². The van der Waals surface area contributed by atoms with Crippen molar-refractivity contribution in [2.45, 2.75) is 19.1 Å². The first kappa shape index (κ1) is 19.4. The lowest BCUT2D eigenvalue weighted by atomic mass is 9.89. The molecule has 5 rings (SSSR count). The van der Waals surface area contributed by atoms with E-state index in [1.807, 2.05) is 30.3 Å². The van der Waals surface area contributed by atoms with Crippen LogP contribution in [0, 0.1) is 11.7 Å². The van der Waals surface area contributed by atoms with Gasteiger partial charge in [-0.2, -0.15) is 0 Å². The standard InChI is InChI=1S/C24H20FN3O3/c25-18-2-5-22-16(8-18)1-3-19(28-22)13-30-20-4-6-23-21(9-20)24(29)17(12-31-23)7-15-10-26-14-27-11-15/h1-6,8-11,14,17,24,29H,7,12-13H2. The molecule has 7 heteroatoms. The second-order valence-corrected chi connectivity index (χ2v) is 7.59. The van der Waals surface area contributed by atoms with Gasteiger partial charge in [-0.3, -0.25) is 0 Å². The molecule has 0 fully saturated rings. The molecule has 1 aliphatic heterocycles. The average molecular weight is 417 g/mol. The summed E-state index contributed by atoms with van der Waals surface area (Å²) in [5, 5.41) is 11.7. The Labute approximate surface area is 178 Å². The van der Waals surface area contributed by atoms with E-state index in [1.165, 1.54) is 18.5 Å². The largest absolute Gasteiger partial charge is 0.493 e. The molecule has 6 nitrogen and oxygen atoms in total. The Morgan fingerprint density at radius 2 is 1.94 bits per heavy atom. The molecule has 0 bridgehead atoms. The van der Waals surface area contributed by atoms with Gasteiger partial charge in [0.15, 0.2) is 0 Å². The van der Waals surface area contributed by atoms with Gasteiger partial charge in [0, 0.05) is 29.3 Å². The van der Waals surface area contributed by atoms with E-state index < -0.39 is 6.10 Å². The molecule has 0 amide bonds. The van der Waals surface area contributed by atoms with Crippen molar-refractivity contribution >= 4 is 10.9 Å². The summed E-state index contributed by atoms with van der Waals surface area (Å²) >= 11 is 0. The maximum Gasteiger partial charge on any atom is 0.130 e. The third-order valence-corrected chi connectivity index (χ3v) is 5.41. The van der Waals surface area contributed by atoms with Crippen LogP contribution in [0.5, 0.6) is 11.5 Å². The van der Waals surface area contributed by atoms with Gasteiger partial charge in [0.1, 0.15) is 30.3 Å². The summed E-state index contributed by atoms with van der Waals surface area (Å²) in [4.78, 5) is 12.6. The Kier molecular flexibility index (Phi) is 5.18. The van der Waals surface area contributed by atoms with E-state index in [2.05, 4.69) is 15.0 Å². The molecule has 4 aromatic rings. The molecule has 2 unspecified atom stereocenters. The lowest BCUT2D eigenvalue weighted by Crippen LogP contribution is -2.27. The number of aromatic nitrogens is 3. The number of ether oxygens (including phenoxy) is 2. The van der Waals surface area contributed by atoms with E-state index >= 15 is 0 Å². The number of aliphatic hydroxyl groups excluding tert-OH is 1. The Hall–Kier alpha value is -3.58. The molecule has 2 aromatic heterocycles. The molecular weight excluding hydrogens is 397 g/mol. The van der Waals surface area contributed by atoms with E-state index in [9.17, 15) is 9.50 Å². The maximum absolute atomic E-state index is 13.3. The Balaban J connectivity index is 1.30. The molecular formula is C24H20FN3O3. The number of halogens is 1. The summed E-state index contributed by atoms with van der Waals surface area (Å²) in [6.45, 7) is 0.679. The van der Waals surface area contributed by atoms with Crippen molar-refractivity contribution in [2.24, 2.45) is 5.92 Å². The minimum atomic E-state index is -0.679. The number of benzene rings is 2. The molecule has 156 valence electrons. The van der Waals surface area contributed by atoms with E-state index in [4.69, 9.17) is 9.47 Å². The van der Waals surface area contributed by atoms with Crippen LogP contribution in [0.3, 0.4) is 0 Å². The highest BCUT2D eigenvalue weighted by Gasteiger charge is 2.30. The zero-order valence-electron chi connectivity index (χ0n) is 16.6. The van der Waals surface area contributed by atoms with Crippen LogP contribution in [0.15, 0.2) is 67.3 Å². The minimum Gasteiger partial charge on any atom is -0.493 e. The van der Waals surface area contributed by atoms with Crippen molar-refractivity contribution < 1.29 is 19.0 Å². The lowest BCUT2D eigenvalue weighted by molar-refractivity contribution is 0.0503. The number of hydrogen-bond donors (Lipinski definition) is 1. The van der Waals surface area contributed by atoms with Crippen LogP contribution in [0.2, 0.25) is 0 Å². The van der Waals surface area contributed by atoms with Crippen molar-refractivity contribution in [3.8, 4) is 11.5 Å². The first-order valence-corrected chi connectivity index (χ1v) is 10.0. The topological polar surface area (TPSA) is 77.4 Å². The molecule has 0 aliphatic carbocycles. The van der Waals surface area contributed by atoms with Crippen molar-refractivity contribution in [1.82, 2.24) is 15.0 Å². The van der Waals surface area contributed by atoms with Crippen LogP contribution in [0.25, 0.3) is 10.9 Å². The summed E-state index contributed by atoms with van der Waals surface area (Å²) in [5.41, 5.74) is 3.10. The van der Waals surface area contributed by atoms with Gasteiger partial charge in [0.2, 0.25) is 0 Å². The SMILES string of the molecule is OC1c2cc(OCc3ccc4cc(F)ccc4n3)ccc2OCC1Cc1cncnc1. The van der Waals surface area contributed by atoms with Gasteiger partial charge in [-0.1, -0.05) is 6.07 Å². The second kappa shape index (κ2) is 8.28. The van der Waals surface area contributed by atoms with Crippen LogP contribution in [-0.2, 0) is 13.0 Å². The van der Waals surface area contributed by atoms with E-state index in [-0.39, 0.29) is 18.3 Å². The van der Waals surface area contributed by atoms with Crippen molar-refractivity contribution in [3.05, 3.63) is 89.9 Å². The highest BCUT2D eigenvalue weighted by Crippen LogP contribution is 2.39.